The lowest BCUT2D eigenvalue weighted by molar-refractivity contribution is -0.130. The summed E-state index contributed by atoms with van der Waals surface area (Å²) in [4.78, 5) is 0.149. The number of sulfonamides is 1. The van der Waals surface area contributed by atoms with E-state index in [1.165, 1.54) is 12.1 Å². The van der Waals surface area contributed by atoms with Crippen LogP contribution in [-0.4, -0.2) is 34.5 Å². The van der Waals surface area contributed by atoms with Crippen molar-refractivity contribution in [3.8, 4) is 6.07 Å². The van der Waals surface area contributed by atoms with E-state index in [1.54, 1.807) is 12.1 Å². The summed E-state index contributed by atoms with van der Waals surface area (Å²) in [6.07, 6.45) is -0.350. The Morgan fingerprint density at radius 2 is 1.76 bits per heavy atom. The molecule has 0 spiro atoms. The molecule has 0 aliphatic heterocycles. The van der Waals surface area contributed by atoms with Crippen molar-refractivity contribution in [2.45, 2.75) is 31.5 Å². The van der Waals surface area contributed by atoms with E-state index < -0.39 is 16.3 Å². The topological polar surface area (TPSA) is 88.4 Å². The minimum Gasteiger partial charge on any atom is -0.352 e. The molecule has 1 N–H and O–H groups in total. The normalized spacial score (nSPS) is 11.5. The van der Waals surface area contributed by atoms with E-state index in [2.05, 4.69) is 4.72 Å². The predicted octanol–water partition coefficient (Wildman–Crippen LogP) is 1.43. The zero-order chi connectivity index (χ0) is 15.7. The Morgan fingerprint density at radius 3 is 2.24 bits per heavy atom. The van der Waals surface area contributed by atoms with Gasteiger partial charge in [-0.15, -0.1) is 0 Å². The second-order valence-electron chi connectivity index (χ2n) is 4.17. The first kappa shape index (κ1) is 17.6. The molecule has 0 unspecified atom stereocenters. The maximum Gasteiger partial charge on any atom is 0.240 e. The lowest BCUT2D eigenvalue weighted by Gasteiger charge is -2.17. The zero-order valence-corrected chi connectivity index (χ0v) is 13.0. The van der Waals surface area contributed by atoms with Gasteiger partial charge in [-0.1, -0.05) is 12.1 Å². The number of nitrogens with one attached hydrogen (secondary N) is 1. The van der Waals surface area contributed by atoms with Crippen molar-refractivity contribution in [1.82, 2.24) is 4.72 Å². The summed E-state index contributed by atoms with van der Waals surface area (Å²) in [6.45, 7) is 4.55. The van der Waals surface area contributed by atoms with Gasteiger partial charge in [0.25, 0.3) is 0 Å². The highest BCUT2D eigenvalue weighted by molar-refractivity contribution is 7.89. The number of hydrogen-bond acceptors (Lipinski definition) is 5. The molecule has 7 heteroatoms. The van der Waals surface area contributed by atoms with Gasteiger partial charge in [0.2, 0.25) is 10.0 Å². The molecule has 0 bridgehead atoms. The van der Waals surface area contributed by atoms with E-state index in [1.807, 2.05) is 19.9 Å². The Morgan fingerprint density at radius 1 is 1.19 bits per heavy atom. The third kappa shape index (κ3) is 5.81. The second-order valence-corrected chi connectivity index (χ2v) is 5.94. The standard InChI is InChI=1S/C14H20N2O4S/c1-3-19-14(20-4-2)11-16-21(17,18)13-7-5-12(6-8-13)9-10-15/h5-8,14,16H,3-4,9,11H2,1-2H3. The van der Waals surface area contributed by atoms with E-state index in [4.69, 9.17) is 14.7 Å². The minimum atomic E-state index is -3.62. The van der Waals surface area contributed by atoms with Gasteiger partial charge in [0.1, 0.15) is 0 Å². The number of rotatable bonds is 9. The van der Waals surface area contributed by atoms with Crippen LogP contribution >= 0.6 is 0 Å². The molecule has 1 aromatic rings. The van der Waals surface area contributed by atoms with Crippen LogP contribution in [0.2, 0.25) is 0 Å². The average Bonchev–Trinajstić information content (AvgIpc) is 2.46. The monoisotopic (exact) mass is 312 g/mol. The molecular weight excluding hydrogens is 292 g/mol. The molecule has 0 fully saturated rings. The summed E-state index contributed by atoms with van der Waals surface area (Å²) in [5, 5.41) is 8.59. The molecule has 1 rings (SSSR count). The molecule has 0 amide bonds. The van der Waals surface area contributed by atoms with Gasteiger partial charge in [-0.05, 0) is 31.5 Å². The fourth-order valence-electron chi connectivity index (χ4n) is 1.68. The Bertz CT molecular complexity index is 558. The quantitative estimate of drug-likeness (QED) is 0.697. The van der Waals surface area contributed by atoms with Gasteiger partial charge in [-0.2, -0.15) is 5.26 Å². The van der Waals surface area contributed by atoms with Crippen LogP contribution in [0.1, 0.15) is 19.4 Å². The zero-order valence-electron chi connectivity index (χ0n) is 12.2. The molecule has 0 atom stereocenters. The van der Waals surface area contributed by atoms with Crippen LogP contribution in [0.25, 0.3) is 0 Å². The number of nitrogens with zero attached hydrogens (tertiary/aromatic N) is 1. The van der Waals surface area contributed by atoms with Crippen molar-refractivity contribution in [2.75, 3.05) is 19.8 Å². The van der Waals surface area contributed by atoms with Crippen LogP contribution < -0.4 is 4.72 Å². The molecule has 116 valence electrons. The highest BCUT2D eigenvalue weighted by Crippen LogP contribution is 2.11. The predicted molar refractivity (Wildman–Crippen MR) is 78.0 cm³/mol. The minimum absolute atomic E-state index is 0.0456. The Labute approximate surface area is 125 Å². The van der Waals surface area contributed by atoms with Crippen LogP contribution in [0, 0.1) is 11.3 Å². The molecule has 6 nitrogen and oxygen atoms in total. The van der Waals surface area contributed by atoms with Crippen LogP contribution in [-0.2, 0) is 25.9 Å². The average molecular weight is 312 g/mol. The summed E-state index contributed by atoms with van der Waals surface area (Å²) in [7, 11) is -3.62. The van der Waals surface area contributed by atoms with E-state index in [9.17, 15) is 8.42 Å². The lowest BCUT2D eigenvalue weighted by atomic mass is 10.2. The molecule has 0 aliphatic rings. The molecule has 21 heavy (non-hydrogen) atoms. The molecule has 0 saturated carbocycles. The SMILES string of the molecule is CCOC(CNS(=O)(=O)c1ccc(CC#N)cc1)OCC. The number of hydrogen-bond donors (Lipinski definition) is 1. The number of benzene rings is 1. The van der Waals surface area contributed by atoms with Crippen molar-refractivity contribution in [3.05, 3.63) is 29.8 Å². The third-order valence-corrected chi connectivity index (χ3v) is 4.10. The summed E-state index contributed by atoms with van der Waals surface area (Å²) < 4.78 is 37.3. The molecule has 0 saturated heterocycles. The van der Waals surface area contributed by atoms with Crippen molar-refractivity contribution in [1.29, 1.82) is 5.26 Å². The molecule has 0 aromatic heterocycles. The fourth-order valence-corrected chi connectivity index (χ4v) is 2.69. The van der Waals surface area contributed by atoms with E-state index >= 15 is 0 Å². The first-order valence-corrected chi connectivity index (χ1v) is 8.20. The van der Waals surface area contributed by atoms with Crippen molar-refractivity contribution in [3.63, 3.8) is 0 Å². The van der Waals surface area contributed by atoms with E-state index in [-0.39, 0.29) is 17.9 Å². The van der Waals surface area contributed by atoms with Gasteiger partial charge >= 0.3 is 0 Å². The van der Waals surface area contributed by atoms with Crippen LogP contribution in [0.3, 0.4) is 0 Å². The van der Waals surface area contributed by atoms with Crippen molar-refractivity contribution in [2.24, 2.45) is 0 Å². The summed E-state index contributed by atoms with van der Waals surface area (Å²) in [6, 6.07) is 8.22. The number of nitriles is 1. The summed E-state index contributed by atoms with van der Waals surface area (Å²) in [5.74, 6) is 0. The first-order chi connectivity index (χ1) is 10.0. The van der Waals surface area contributed by atoms with Crippen molar-refractivity contribution < 1.29 is 17.9 Å². The Hall–Kier alpha value is -1.46. The number of ether oxygens (including phenoxy) is 2. The van der Waals surface area contributed by atoms with Crippen LogP contribution in [0.15, 0.2) is 29.2 Å². The van der Waals surface area contributed by atoms with Gasteiger partial charge in [0, 0.05) is 13.2 Å². The summed E-state index contributed by atoms with van der Waals surface area (Å²) >= 11 is 0. The van der Waals surface area contributed by atoms with Gasteiger partial charge < -0.3 is 9.47 Å². The molecular formula is C14H20N2O4S. The fraction of sp³-hybridized carbons (Fsp3) is 0.500. The Balaban J connectivity index is 2.70. The van der Waals surface area contributed by atoms with Gasteiger partial charge in [0.05, 0.1) is 23.9 Å². The molecule has 1 aromatic carbocycles. The highest BCUT2D eigenvalue weighted by Gasteiger charge is 2.17. The molecule has 0 aliphatic carbocycles. The van der Waals surface area contributed by atoms with Crippen LogP contribution in [0.4, 0.5) is 0 Å². The van der Waals surface area contributed by atoms with E-state index in [0.717, 1.165) is 5.56 Å². The third-order valence-electron chi connectivity index (χ3n) is 2.66. The van der Waals surface area contributed by atoms with Gasteiger partial charge in [-0.25, -0.2) is 13.1 Å². The maximum atomic E-state index is 12.1. The van der Waals surface area contributed by atoms with Gasteiger partial charge in [-0.3, -0.25) is 0 Å². The van der Waals surface area contributed by atoms with Crippen LogP contribution in [0.5, 0.6) is 0 Å². The van der Waals surface area contributed by atoms with Crippen molar-refractivity contribution >= 4 is 10.0 Å². The van der Waals surface area contributed by atoms with Gasteiger partial charge in [0.15, 0.2) is 6.29 Å². The lowest BCUT2D eigenvalue weighted by Crippen LogP contribution is -2.35. The van der Waals surface area contributed by atoms with E-state index in [0.29, 0.717) is 13.2 Å². The molecule has 0 heterocycles. The molecule has 0 radical (unpaired) electrons. The maximum absolute atomic E-state index is 12.1. The Kier molecular flexibility index (Phi) is 7.32. The first-order valence-electron chi connectivity index (χ1n) is 6.72. The smallest absolute Gasteiger partial charge is 0.240 e. The summed E-state index contributed by atoms with van der Waals surface area (Å²) in [5.41, 5.74) is 0.776. The highest BCUT2D eigenvalue weighted by atomic mass is 32.2. The second kappa shape index (κ2) is 8.74. The largest absolute Gasteiger partial charge is 0.352 e.